The van der Waals surface area contributed by atoms with Crippen molar-refractivity contribution in [3.63, 3.8) is 0 Å². The molecule has 0 aliphatic rings. The molecule has 0 unspecified atom stereocenters. The Balaban J connectivity index is 3.45. The van der Waals surface area contributed by atoms with Crippen LogP contribution in [0.1, 0.15) is 63.3 Å². The molecule has 0 atom stereocenters. The Kier molecular flexibility index (Phi) is 7.88. The van der Waals surface area contributed by atoms with E-state index in [0.717, 1.165) is 28.0 Å². The third-order valence-electron chi connectivity index (χ3n) is 5.60. The SMILES string of the molecule is CC(=O)OCCCc1c(C)c(OC(C)=O)c(C)c(C)c1O[Si](C)(C)C(C)(C)C. The molecule has 28 heavy (non-hydrogen) atoms. The van der Waals surface area contributed by atoms with Crippen molar-refractivity contribution in [2.45, 2.75) is 86.4 Å². The fourth-order valence-corrected chi connectivity index (χ4v) is 3.86. The fourth-order valence-electron chi connectivity index (χ4n) is 2.76. The highest BCUT2D eigenvalue weighted by Gasteiger charge is 2.40. The number of hydrogen-bond acceptors (Lipinski definition) is 5. The van der Waals surface area contributed by atoms with Gasteiger partial charge in [-0.2, -0.15) is 0 Å². The van der Waals surface area contributed by atoms with Crippen LogP contribution in [-0.2, 0) is 20.7 Å². The van der Waals surface area contributed by atoms with E-state index in [9.17, 15) is 9.59 Å². The number of rotatable bonds is 7. The van der Waals surface area contributed by atoms with Gasteiger partial charge in [0.05, 0.1) is 6.61 Å². The van der Waals surface area contributed by atoms with Crippen LogP contribution in [0, 0.1) is 20.8 Å². The maximum absolute atomic E-state index is 11.6. The summed E-state index contributed by atoms with van der Waals surface area (Å²) in [5.41, 5.74) is 3.85. The van der Waals surface area contributed by atoms with Crippen molar-refractivity contribution in [2.75, 3.05) is 6.61 Å². The lowest BCUT2D eigenvalue weighted by Gasteiger charge is -2.38. The first-order chi connectivity index (χ1) is 12.7. The van der Waals surface area contributed by atoms with Crippen LogP contribution >= 0.6 is 0 Å². The van der Waals surface area contributed by atoms with Gasteiger partial charge >= 0.3 is 11.9 Å². The van der Waals surface area contributed by atoms with Crippen molar-refractivity contribution in [3.8, 4) is 11.5 Å². The normalized spacial score (nSPS) is 11.9. The second-order valence-electron chi connectivity index (χ2n) is 8.91. The largest absolute Gasteiger partial charge is 0.543 e. The summed E-state index contributed by atoms with van der Waals surface area (Å²) in [6, 6.07) is 0. The van der Waals surface area contributed by atoms with Crippen LogP contribution in [0.5, 0.6) is 11.5 Å². The number of esters is 2. The third kappa shape index (κ3) is 5.84. The molecule has 0 spiro atoms. The van der Waals surface area contributed by atoms with Gasteiger partial charge in [0, 0.05) is 13.8 Å². The van der Waals surface area contributed by atoms with Gasteiger partial charge in [0.1, 0.15) is 11.5 Å². The van der Waals surface area contributed by atoms with Gasteiger partial charge in [-0.15, -0.1) is 0 Å². The van der Waals surface area contributed by atoms with E-state index < -0.39 is 8.32 Å². The summed E-state index contributed by atoms with van der Waals surface area (Å²) in [4.78, 5) is 22.7. The van der Waals surface area contributed by atoms with Gasteiger partial charge in [-0.1, -0.05) is 20.8 Å². The van der Waals surface area contributed by atoms with Crippen LogP contribution in [0.4, 0.5) is 0 Å². The molecule has 6 heteroatoms. The molecular weight excluding hydrogens is 372 g/mol. The van der Waals surface area contributed by atoms with Crippen LogP contribution in [-0.4, -0.2) is 26.9 Å². The fraction of sp³-hybridized carbons (Fsp3) is 0.636. The molecule has 0 saturated carbocycles. The number of carbonyl (C=O) groups is 2. The average Bonchev–Trinajstić information content (AvgIpc) is 2.53. The second-order valence-corrected chi connectivity index (χ2v) is 13.6. The number of carbonyl (C=O) groups excluding carboxylic acids is 2. The molecule has 158 valence electrons. The number of benzene rings is 1. The number of ether oxygens (including phenoxy) is 2. The Morgan fingerprint density at radius 1 is 0.893 bits per heavy atom. The molecule has 0 aromatic heterocycles. The predicted octanol–water partition coefficient (Wildman–Crippen LogP) is 5.42. The van der Waals surface area contributed by atoms with Crippen molar-refractivity contribution < 1.29 is 23.5 Å². The molecule has 0 N–H and O–H groups in total. The van der Waals surface area contributed by atoms with E-state index in [2.05, 4.69) is 33.9 Å². The number of hydrogen-bond donors (Lipinski definition) is 0. The van der Waals surface area contributed by atoms with E-state index in [1.807, 2.05) is 20.8 Å². The Morgan fingerprint density at radius 3 is 1.89 bits per heavy atom. The first-order valence-corrected chi connectivity index (χ1v) is 12.7. The quantitative estimate of drug-likeness (QED) is 0.261. The van der Waals surface area contributed by atoms with E-state index >= 15 is 0 Å². The summed E-state index contributed by atoms with van der Waals surface area (Å²) < 4.78 is 17.3. The molecule has 0 saturated heterocycles. The Morgan fingerprint density at radius 2 is 1.43 bits per heavy atom. The van der Waals surface area contributed by atoms with Crippen molar-refractivity contribution in [1.29, 1.82) is 0 Å². The Hall–Kier alpha value is -1.82. The average molecular weight is 409 g/mol. The van der Waals surface area contributed by atoms with Gasteiger partial charge < -0.3 is 13.9 Å². The maximum Gasteiger partial charge on any atom is 0.308 e. The van der Waals surface area contributed by atoms with E-state index in [-0.39, 0.29) is 17.0 Å². The van der Waals surface area contributed by atoms with E-state index in [1.54, 1.807) is 0 Å². The predicted molar refractivity (Wildman–Crippen MR) is 115 cm³/mol. The molecule has 0 amide bonds. The molecule has 1 aromatic rings. The van der Waals surface area contributed by atoms with Gasteiger partial charge in [-0.25, -0.2) is 0 Å². The van der Waals surface area contributed by atoms with Crippen LogP contribution in [0.15, 0.2) is 0 Å². The van der Waals surface area contributed by atoms with E-state index in [1.165, 1.54) is 13.8 Å². The summed E-state index contributed by atoms with van der Waals surface area (Å²) >= 11 is 0. The standard InChI is InChI=1S/C22H36O5Si/c1-14-15(2)21(27-28(9,10)22(6,7)8)19(12-11-13-25-17(4)23)16(3)20(14)26-18(5)24/h11-13H2,1-10H3. The molecule has 0 aliphatic carbocycles. The van der Waals surface area contributed by atoms with Crippen LogP contribution < -0.4 is 9.16 Å². The molecule has 1 aromatic carbocycles. The molecule has 5 nitrogen and oxygen atoms in total. The lowest BCUT2D eigenvalue weighted by molar-refractivity contribution is -0.141. The van der Waals surface area contributed by atoms with E-state index in [0.29, 0.717) is 25.2 Å². The molecule has 0 aliphatic heterocycles. The molecule has 0 radical (unpaired) electrons. The van der Waals surface area contributed by atoms with Gasteiger partial charge in [-0.3, -0.25) is 9.59 Å². The van der Waals surface area contributed by atoms with Gasteiger partial charge in [0.15, 0.2) is 0 Å². The molecule has 0 fully saturated rings. The van der Waals surface area contributed by atoms with Crippen molar-refractivity contribution in [2.24, 2.45) is 0 Å². The molecule has 1 rings (SSSR count). The maximum atomic E-state index is 11.6. The summed E-state index contributed by atoms with van der Waals surface area (Å²) in [6.07, 6.45) is 1.36. The van der Waals surface area contributed by atoms with Crippen molar-refractivity contribution in [1.82, 2.24) is 0 Å². The zero-order chi connectivity index (χ0) is 21.9. The highest BCUT2D eigenvalue weighted by atomic mass is 28.4. The zero-order valence-corrected chi connectivity index (χ0v) is 20.2. The Labute approximate surface area is 170 Å². The monoisotopic (exact) mass is 408 g/mol. The summed E-state index contributed by atoms with van der Waals surface area (Å²) in [6.45, 7) is 20.2. The van der Waals surface area contributed by atoms with Gasteiger partial charge in [0.25, 0.3) is 8.32 Å². The smallest absolute Gasteiger partial charge is 0.308 e. The van der Waals surface area contributed by atoms with Crippen molar-refractivity contribution >= 4 is 20.3 Å². The summed E-state index contributed by atoms with van der Waals surface area (Å²) in [5, 5.41) is 0.0603. The third-order valence-corrected chi connectivity index (χ3v) is 9.92. The van der Waals surface area contributed by atoms with Crippen LogP contribution in [0.3, 0.4) is 0 Å². The topological polar surface area (TPSA) is 61.8 Å². The van der Waals surface area contributed by atoms with Crippen LogP contribution in [0.25, 0.3) is 0 Å². The minimum absolute atomic E-state index is 0.0603. The lowest BCUT2D eigenvalue weighted by atomic mass is 9.94. The molecule has 0 heterocycles. The summed E-state index contributed by atoms with van der Waals surface area (Å²) in [5.74, 6) is 0.875. The first kappa shape index (κ1) is 24.2. The highest BCUT2D eigenvalue weighted by Crippen LogP contribution is 2.43. The minimum atomic E-state index is -2.06. The second kappa shape index (κ2) is 9.12. The van der Waals surface area contributed by atoms with E-state index in [4.69, 9.17) is 13.9 Å². The van der Waals surface area contributed by atoms with Gasteiger partial charge in [0.2, 0.25) is 0 Å². The summed E-state index contributed by atoms with van der Waals surface area (Å²) in [7, 11) is -2.06. The lowest BCUT2D eigenvalue weighted by Crippen LogP contribution is -2.44. The van der Waals surface area contributed by atoms with Crippen LogP contribution in [0.2, 0.25) is 18.1 Å². The first-order valence-electron chi connectivity index (χ1n) is 9.82. The van der Waals surface area contributed by atoms with Gasteiger partial charge in [-0.05, 0) is 74.0 Å². The molecular formula is C22H36O5Si. The zero-order valence-electron chi connectivity index (χ0n) is 19.2. The van der Waals surface area contributed by atoms with Crippen molar-refractivity contribution in [3.05, 3.63) is 22.3 Å². The molecule has 0 bridgehead atoms. The highest BCUT2D eigenvalue weighted by molar-refractivity contribution is 6.74. The Bertz CT molecular complexity index is 745. The minimum Gasteiger partial charge on any atom is -0.543 e.